The van der Waals surface area contributed by atoms with E-state index in [9.17, 15) is 19.2 Å². The summed E-state index contributed by atoms with van der Waals surface area (Å²) in [5.41, 5.74) is 3.81. The van der Waals surface area contributed by atoms with Gasteiger partial charge in [-0.2, -0.15) is 0 Å². The highest BCUT2D eigenvalue weighted by Crippen LogP contribution is 2.25. The minimum Gasteiger partial charge on any atom is -0.461 e. The van der Waals surface area contributed by atoms with Crippen molar-refractivity contribution in [2.75, 3.05) is 36.8 Å². The highest BCUT2D eigenvalue weighted by Gasteiger charge is 2.30. The lowest BCUT2D eigenvalue weighted by molar-refractivity contribution is -0.140. The number of rotatable bonds is 7. The van der Waals surface area contributed by atoms with Gasteiger partial charge in [-0.05, 0) is 143 Å². The van der Waals surface area contributed by atoms with Gasteiger partial charge in [-0.1, -0.05) is 35.3 Å². The van der Waals surface area contributed by atoms with Crippen LogP contribution < -0.4 is 21.3 Å². The van der Waals surface area contributed by atoms with Crippen LogP contribution in [0, 0.1) is 13.8 Å². The Hall–Kier alpha value is -6.22. The summed E-state index contributed by atoms with van der Waals surface area (Å²) in [4.78, 5) is 59.7. The number of nitrogens with one attached hydrogen (secondary N) is 4. The molecule has 4 heterocycles. The minimum atomic E-state index is -0.735. The molecule has 0 saturated carbocycles. The van der Waals surface area contributed by atoms with Crippen LogP contribution >= 0.6 is 35.4 Å². The number of aryl methyl sites for hydroxylation is 2. The van der Waals surface area contributed by atoms with E-state index in [1.165, 1.54) is 0 Å². The molecule has 13 nitrogen and oxygen atoms in total. The van der Waals surface area contributed by atoms with Gasteiger partial charge in [-0.25, -0.2) is 4.99 Å². The lowest BCUT2D eigenvalue weighted by Crippen LogP contribution is -2.45. The molecule has 2 aliphatic rings. The Morgan fingerprint density at radius 2 is 1.26 bits per heavy atom. The van der Waals surface area contributed by atoms with E-state index in [0.717, 1.165) is 77.9 Å². The predicted octanol–water partition coefficient (Wildman–Crippen LogP) is 9.12. The lowest BCUT2D eigenvalue weighted by atomic mass is 10.1. The van der Waals surface area contributed by atoms with Crippen molar-refractivity contribution in [3.05, 3.63) is 130 Å². The van der Waals surface area contributed by atoms with E-state index in [4.69, 9.17) is 49.2 Å². The molecule has 320 valence electrons. The van der Waals surface area contributed by atoms with Crippen LogP contribution in [0.3, 0.4) is 0 Å². The van der Waals surface area contributed by atoms with E-state index in [1.807, 2.05) is 67.3 Å². The summed E-state index contributed by atoms with van der Waals surface area (Å²) in [6, 6.07) is 27.5. The number of halogens is 2. The van der Waals surface area contributed by atoms with Crippen molar-refractivity contribution in [2.45, 2.75) is 52.0 Å². The van der Waals surface area contributed by atoms with Gasteiger partial charge in [0.05, 0.1) is 6.54 Å². The third kappa shape index (κ3) is 11.6. The first kappa shape index (κ1) is 43.9. The van der Waals surface area contributed by atoms with Crippen molar-refractivity contribution in [2.24, 2.45) is 4.99 Å². The Labute approximate surface area is 373 Å². The maximum Gasteiger partial charge on any atom is 0.258 e. The van der Waals surface area contributed by atoms with Gasteiger partial charge in [0.15, 0.2) is 5.11 Å². The number of likely N-dealkylation sites (tertiary alicyclic amines) is 2. The molecule has 2 fully saturated rings. The number of hydrogen-bond acceptors (Lipinski definition) is 8. The number of hydrogen-bond donors (Lipinski definition) is 4. The maximum atomic E-state index is 13.5. The first-order valence-corrected chi connectivity index (χ1v) is 21.4. The molecule has 0 aliphatic carbocycles. The van der Waals surface area contributed by atoms with Crippen molar-refractivity contribution in [3.63, 3.8) is 0 Å². The Morgan fingerprint density at radius 3 is 1.84 bits per heavy atom. The molecule has 4 N–H and O–H groups in total. The van der Waals surface area contributed by atoms with Crippen molar-refractivity contribution >= 4 is 103 Å². The zero-order valence-corrected chi connectivity index (χ0v) is 36.5. The van der Waals surface area contributed by atoms with Crippen LogP contribution in [0.2, 0.25) is 10.0 Å². The fraction of sp³-hybridized carbons (Fsp3) is 0.261. The van der Waals surface area contributed by atoms with Gasteiger partial charge >= 0.3 is 0 Å². The molecule has 6 aromatic rings. The lowest BCUT2D eigenvalue weighted by Gasteiger charge is -2.25. The molecule has 2 aliphatic heterocycles. The summed E-state index contributed by atoms with van der Waals surface area (Å²) in [7, 11) is 0. The van der Waals surface area contributed by atoms with E-state index in [-0.39, 0.29) is 35.3 Å². The van der Waals surface area contributed by atoms with E-state index in [1.54, 1.807) is 53.4 Å². The van der Waals surface area contributed by atoms with E-state index < -0.39 is 11.9 Å². The molecule has 62 heavy (non-hydrogen) atoms. The van der Waals surface area contributed by atoms with Crippen LogP contribution in [0.25, 0.3) is 21.9 Å². The monoisotopic (exact) mass is 893 g/mol. The quantitative estimate of drug-likeness (QED) is 0.0696. The summed E-state index contributed by atoms with van der Waals surface area (Å²) in [5.74, 6) is 0.813. The normalized spacial score (nSPS) is 15.5. The maximum absolute atomic E-state index is 13.5. The number of anilines is 2. The first-order valence-electron chi connectivity index (χ1n) is 20.2. The summed E-state index contributed by atoms with van der Waals surface area (Å²) >= 11 is 17.1. The fourth-order valence-electron chi connectivity index (χ4n) is 7.26. The van der Waals surface area contributed by atoms with E-state index >= 15 is 0 Å². The van der Waals surface area contributed by atoms with E-state index in [0.29, 0.717) is 39.8 Å². The standard InChI is InChI=1S/C29H32ClN5O4.C17H13ClN2O2S/c1-19-15-21-17-23(10-11-25(21)39-19)31-29(33-27(37)20-7-6-8-22(30)16-20)32-24-9-2-3-14-35(28(24)38)18-26(36)34-12-4-5-13-34;1-10-7-12-9-14(5-6-15(12)22-10)19-17(23)20-16(21)11-3-2-4-13(18)8-11/h6-8,10-11,15-17,24H,2-5,9,12-14,18H2,1H3,(H2,31,32,33,37);2-9H,1H3,(H2,19,20,21,23)/t24-;/m0./s1. The summed E-state index contributed by atoms with van der Waals surface area (Å²) in [6.07, 6.45) is 4.09. The number of aliphatic imine (C=N–C) groups is 1. The van der Waals surface area contributed by atoms with Crippen molar-refractivity contribution in [1.82, 2.24) is 20.4 Å². The Kier molecular flexibility index (Phi) is 14.2. The van der Waals surface area contributed by atoms with Gasteiger partial charge in [0.1, 0.15) is 28.7 Å². The molecule has 8 rings (SSSR count). The number of furan rings is 2. The Morgan fingerprint density at radius 1 is 0.710 bits per heavy atom. The van der Waals surface area contributed by atoms with Gasteiger partial charge in [-0.3, -0.25) is 29.8 Å². The highest BCUT2D eigenvalue weighted by atomic mass is 35.5. The molecule has 16 heteroatoms. The highest BCUT2D eigenvalue weighted by molar-refractivity contribution is 7.80. The van der Waals surface area contributed by atoms with Crippen LogP contribution in [0.4, 0.5) is 11.4 Å². The third-order valence-electron chi connectivity index (χ3n) is 10.3. The van der Waals surface area contributed by atoms with Crippen LogP contribution in [0.1, 0.15) is 64.3 Å². The van der Waals surface area contributed by atoms with Crippen molar-refractivity contribution in [3.8, 4) is 0 Å². The SMILES string of the molecule is Cc1cc2cc(NC(=N[C@H]3CCCCN(CC(=O)N4CCCC4)C3=O)NC(=O)c3cccc(Cl)c3)ccc2o1.Cc1cc2cc(NC(=S)NC(=O)c3cccc(Cl)c3)ccc2o1. The number of carbonyl (C=O) groups excluding carboxylic acids is 4. The van der Waals surface area contributed by atoms with Crippen molar-refractivity contribution < 1.29 is 28.0 Å². The van der Waals surface area contributed by atoms with Gasteiger partial charge in [0, 0.05) is 63.0 Å². The van der Waals surface area contributed by atoms with Gasteiger partial charge in [0.2, 0.25) is 17.8 Å². The van der Waals surface area contributed by atoms with Crippen LogP contribution in [-0.2, 0) is 9.59 Å². The second-order valence-corrected chi connectivity index (χ2v) is 16.3. The largest absolute Gasteiger partial charge is 0.461 e. The molecule has 0 spiro atoms. The average molecular weight is 895 g/mol. The number of carbonyl (C=O) groups is 4. The molecule has 4 amide bonds. The van der Waals surface area contributed by atoms with Crippen LogP contribution in [0.15, 0.2) is 111 Å². The molecule has 2 saturated heterocycles. The van der Waals surface area contributed by atoms with Gasteiger partial charge < -0.3 is 29.3 Å². The second kappa shape index (κ2) is 20.1. The molecular weight excluding hydrogens is 850 g/mol. The molecule has 4 aromatic carbocycles. The number of fused-ring (bicyclic) bond motifs is 2. The number of thiocarbonyl (C=S) groups is 1. The molecule has 0 radical (unpaired) electrons. The summed E-state index contributed by atoms with van der Waals surface area (Å²) < 4.78 is 11.2. The minimum absolute atomic E-state index is 0.0261. The van der Waals surface area contributed by atoms with Gasteiger partial charge in [-0.15, -0.1) is 0 Å². The smallest absolute Gasteiger partial charge is 0.258 e. The third-order valence-corrected chi connectivity index (χ3v) is 10.9. The zero-order chi connectivity index (χ0) is 43.8. The first-order chi connectivity index (χ1) is 29.9. The Balaban J connectivity index is 0.000000213. The molecular formula is C46H45Cl2N7O6S. The number of amides is 4. The number of nitrogens with zero attached hydrogens (tertiary/aromatic N) is 3. The molecule has 0 unspecified atom stereocenters. The molecule has 1 atom stereocenters. The van der Waals surface area contributed by atoms with Crippen LogP contribution in [-0.4, -0.2) is 76.7 Å². The Bertz CT molecular complexity index is 2670. The van der Waals surface area contributed by atoms with Crippen LogP contribution in [0.5, 0.6) is 0 Å². The van der Waals surface area contributed by atoms with Gasteiger partial charge in [0.25, 0.3) is 11.8 Å². The fourth-order valence-corrected chi connectivity index (χ4v) is 7.86. The number of benzene rings is 4. The van der Waals surface area contributed by atoms with E-state index in [2.05, 4.69) is 21.3 Å². The topological polar surface area (TPSA) is 162 Å². The predicted molar refractivity (Wildman–Crippen MR) is 247 cm³/mol. The second-order valence-electron chi connectivity index (χ2n) is 15.1. The molecule has 2 aromatic heterocycles. The average Bonchev–Trinajstić information content (AvgIpc) is 3.98. The summed E-state index contributed by atoms with van der Waals surface area (Å²) in [6.45, 7) is 5.82. The summed E-state index contributed by atoms with van der Waals surface area (Å²) in [5, 5.41) is 14.6. The molecule has 0 bridgehead atoms. The number of guanidine groups is 1. The van der Waals surface area contributed by atoms with Crippen molar-refractivity contribution in [1.29, 1.82) is 0 Å². The zero-order valence-electron chi connectivity index (χ0n) is 34.1.